The Morgan fingerprint density at radius 3 is 3.00 bits per heavy atom. The van der Waals surface area contributed by atoms with Gasteiger partial charge in [0, 0.05) is 38.6 Å². The zero-order valence-corrected chi connectivity index (χ0v) is 11.1. The lowest BCUT2D eigenvalue weighted by atomic mass is 10.4. The van der Waals surface area contributed by atoms with Crippen LogP contribution in [0, 0.1) is 5.92 Å². The van der Waals surface area contributed by atoms with Gasteiger partial charge in [-0.05, 0) is 38.2 Å². The van der Waals surface area contributed by atoms with Gasteiger partial charge in [-0.2, -0.15) is 5.10 Å². The standard InChI is InChI=1S/C13H23N5/c1-2-14-13(16-11-12-5-6-12)15-7-3-9-18-10-4-8-17-18/h4,8,10,12H,2-3,5-7,9,11H2,1H3,(H2,14,15,16). The van der Waals surface area contributed by atoms with Crippen LogP contribution in [0.2, 0.25) is 0 Å². The maximum absolute atomic E-state index is 4.58. The monoisotopic (exact) mass is 249 g/mol. The van der Waals surface area contributed by atoms with Gasteiger partial charge in [0.1, 0.15) is 0 Å². The van der Waals surface area contributed by atoms with Crippen molar-refractivity contribution < 1.29 is 0 Å². The van der Waals surface area contributed by atoms with Gasteiger partial charge in [0.2, 0.25) is 0 Å². The molecule has 1 aliphatic carbocycles. The number of nitrogens with one attached hydrogen (secondary N) is 2. The van der Waals surface area contributed by atoms with Crippen LogP contribution >= 0.6 is 0 Å². The SMILES string of the molecule is CCNC(=NCC1CC1)NCCCn1cccn1. The lowest BCUT2D eigenvalue weighted by molar-refractivity contribution is 0.570. The lowest BCUT2D eigenvalue weighted by Gasteiger charge is -2.11. The van der Waals surface area contributed by atoms with Crippen molar-refractivity contribution >= 4 is 5.96 Å². The molecule has 1 aliphatic rings. The van der Waals surface area contributed by atoms with Gasteiger partial charge in [0.15, 0.2) is 5.96 Å². The topological polar surface area (TPSA) is 54.2 Å². The van der Waals surface area contributed by atoms with E-state index in [0.717, 1.165) is 44.5 Å². The molecule has 5 nitrogen and oxygen atoms in total. The summed E-state index contributed by atoms with van der Waals surface area (Å²) >= 11 is 0. The fourth-order valence-electron chi connectivity index (χ4n) is 1.74. The Labute approximate surface area is 109 Å². The molecule has 2 rings (SSSR count). The van der Waals surface area contributed by atoms with E-state index in [4.69, 9.17) is 0 Å². The summed E-state index contributed by atoms with van der Waals surface area (Å²) in [6.45, 7) is 5.85. The van der Waals surface area contributed by atoms with E-state index >= 15 is 0 Å². The first kappa shape index (κ1) is 12.9. The highest BCUT2D eigenvalue weighted by atomic mass is 15.3. The lowest BCUT2D eigenvalue weighted by Crippen LogP contribution is -2.38. The minimum Gasteiger partial charge on any atom is -0.357 e. The van der Waals surface area contributed by atoms with E-state index in [1.165, 1.54) is 12.8 Å². The molecule has 0 spiro atoms. The number of nitrogens with zero attached hydrogens (tertiary/aromatic N) is 3. The van der Waals surface area contributed by atoms with E-state index in [2.05, 4.69) is 27.6 Å². The molecule has 0 atom stereocenters. The summed E-state index contributed by atoms with van der Waals surface area (Å²) in [5.74, 6) is 1.79. The quantitative estimate of drug-likeness (QED) is 0.434. The molecule has 1 aromatic rings. The van der Waals surface area contributed by atoms with Crippen molar-refractivity contribution in [2.24, 2.45) is 10.9 Å². The van der Waals surface area contributed by atoms with Crippen molar-refractivity contribution in [2.45, 2.75) is 32.7 Å². The molecule has 0 amide bonds. The third kappa shape index (κ3) is 4.77. The number of aromatic nitrogens is 2. The van der Waals surface area contributed by atoms with Gasteiger partial charge in [-0.1, -0.05) is 0 Å². The second kappa shape index (κ2) is 7.03. The Hall–Kier alpha value is -1.52. The van der Waals surface area contributed by atoms with Gasteiger partial charge in [-0.15, -0.1) is 0 Å². The average Bonchev–Trinajstić information content (AvgIpc) is 3.06. The first-order valence-corrected chi connectivity index (χ1v) is 6.88. The van der Waals surface area contributed by atoms with Gasteiger partial charge in [0.25, 0.3) is 0 Å². The van der Waals surface area contributed by atoms with Crippen LogP contribution < -0.4 is 10.6 Å². The predicted octanol–water partition coefficient (Wildman–Crippen LogP) is 1.24. The van der Waals surface area contributed by atoms with E-state index < -0.39 is 0 Å². The highest BCUT2D eigenvalue weighted by Crippen LogP contribution is 2.28. The molecule has 1 fully saturated rings. The Kier molecular flexibility index (Phi) is 5.05. The van der Waals surface area contributed by atoms with Crippen LogP contribution in [-0.4, -0.2) is 35.4 Å². The molecule has 1 heterocycles. The summed E-state index contributed by atoms with van der Waals surface area (Å²) in [6.07, 6.45) is 7.56. The fraction of sp³-hybridized carbons (Fsp3) is 0.692. The smallest absolute Gasteiger partial charge is 0.191 e. The summed E-state index contributed by atoms with van der Waals surface area (Å²) in [5.41, 5.74) is 0. The molecule has 0 aliphatic heterocycles. The minimum atomic E-state index is 0.838. The molecule has 2 N–H and O–H groups in total. The van der Waals surface area contributed by atoms with Crippen molar-refractivity contribution in [1.29, 1.82) is 0 Å². The zero-order valence-electron chi connectivity index (χ0n) is 11.1. The summed E-state index contributed by atoms with van der Waals surface area (Å²) in [6, 6.07) is 1.95. The molecule has 1 saturated carbocycles. The summed E-state index contributed by atoms with van der Waals surface area (Å²) in [7, 11) is 0. The van der Waals surface area contributed by atoms with E-state index in [9.17, 15) is 0 Å². The molecule has 100 valence electrons. The van der Waals surface area contributed by atoms with Crippen LogP contribution in [0.4, 0.5) is 0 Å². The van der Waals surface area contributed by atoms with Crippen LogP contribution in [0.15, 0.2) is 23.5 Å². The maximum atomic E-state index is 4.58. The van der Waals surface area contributed by atoms with Gasteiger partial charge in [0.05, 0.1) is 0 Å². The summed E-state index contributed by atoms with van der Waals surface area (Å²) in [4.78, 5) is 4.58. The number of hydrogen-bond donors (Lipinski definition) is 2. The Bertz CT molecular complexity index is 353. The second-order valence-electron chi connectivity index (χ2n) is 4.71. The van der Waals surface area contributed by atoms with E-state index in [1.807, 2.05) is 23.1 Å². The zero-order chi connectivity index (χ0) is 12.6. The molecular weight excluding hydrogens is 226 g/mol. The van der Waals surface area contributed by atoms with Crippen LogP contribution in [0.5, 0.6) is 0 Å². The second-order valence-corrected chi connectivity index (χ2v) is 4.71. The number of aryl methyl sites for hydroxylation is 1. The van der Waals surface area contributed by atoms with Crippen molar-refractivity contribution in [3.8, 4) is 0 Å². The third-order valence-corrected chi connectivity index (χ3v) is 2.96. The number of guanidine groups is 1. The maximum Gasteiger partial charge on any atom is 0.191 e. The van der Waals surface area contributed by atoms with Crippen molar-refractivity contribution in [3.05, 3.63) is 18.5 Å². The van der Waals surface area contributed by atoms with Crippen LogP contribution in [0.1, 0.15) is 26.2 Å². The predicted molar refractivity (Wildman–Crippen MR) is 73.5 cm³/mol. The van der Waals surface area contributed by atoms with Crippen molar-refractivity contribution in [1.82, 2.24) is 20.4 Å². The molecule has 18 heavy (non-hydrogen) atoms. The van der Waals surface area contributed by atoms with Gasteiger partial charge in [-0.25, -0.2) is 0 Å². The first-order chi connectivity index (χ1) is 8.88. The molecule has 0 radical (unpaired) electrons. The minimum absolute atomic E-state index is 0.838. The largest absolute Gasteiger partial charge is 0.357 e. The molecule has 5 heteroatoms. The molecule has 1 aromatic heterocycles. The number of rotatable bonds is 7. The molecular formula is C13H23N5. The van der Waals surface area contributed by atoms with Crippen molar-refractivity contribution in [3.63, 3.8) is 0 Å². The highest BCUT2D eigenvalue weighted by molar-refractivity contribution is 5.79. The first-order valence-electron chi connectivity index (χ1n) is 6.88. The normalized spacial score (nSPS) is 15.7. The Morgan fingerprint density at radius 1 is 1.44 bits per heavy atom. The molecule has 0 saturated heterocycles. The summed E-state index contributed by atoms with van der Waals surface area (Å²) in [5, 5.41) is 10.8. The number of hydrogen-bond acceptors (Lipinski definition) is 2. The Balaban J connectivity index is 1.63. The average molecular weight is 249 g/mol. The van der Waals surface area contributed by atoms with Gasteiger partial charge < -0.3 is 10.6 Å². The Morgan fingerprint density at radius 2 is 2.33 bits per heavy atom. The highest BCUT2D eigenvalue weighted by Gasteiger charge is 2.20. The third-order valence-electron chi connectivity index (χ3n) is 2.96. The molecule has 0 aromatic carbocycles. The van der Waals surface area contributed by atoms with Gasteiger partial charge in [-0.3, -0.25) is 9.67 Å². The summed E-state index contributed by atoms with van der Waals surface area (Å²) < 4.78 is 1.95. The van der Waals surface area contributed by atoms with Crippen LogP contribution in [0.25, 0.3) is 0 Å². The van der Waals surface area contributed by atoms with E-state index in [1.54, 1.807) is 0 Å². The van der Waals surface area contributed by atoms with Crippen LogP contribution in [-0.2, 0) is 6.54 Å². The molecule has 0 bridgehead atoms. The fourth-order valence-corrected chi connectivity index (χ4v) is 1.74. The number of aliphatic imine (C=N–C) groups is 1. The van der Waals surface area contributed by atoms with Crippen molar-refractivity contribution in [2.75, 3.05) is 19.6 Å². The van der Waals surface area contributed by atoms with E-state index in [0.29, 0.717) is 0 Å². The van der Waals surface area contributed by atoms with Gasteiger partial charge >= 0.3 is 0 Å². The van der Waals surface area contributed by atoms with E-state index in [-0.39, 0.29) is 0 Å². The molecule has 0 unspecified atom stereocenters. The van der Waals surface area contributed by atoms with Crippen LogP contribution in [0.3, 0.4) is 0 Å².